The highest BCUT2D eigenvalue weighted by Gasteiger charge is 2.30. The number of likely N-dealkylation sites (N-methyl/N-ethyl adjacent to an activating group) is 1. The van der Waals surface area contributed by atoms with Crippen molar-refractivity contribution in [1.82, 2.24) is 9.80 Å². The molecule has 2 N–H and O–H groups in total. The third-order valence-corrected chi connectivity index (χ3v) is 8.45. The van der Waals surface area contributed by atoms with Crippen molar-refractivity contribution in [3.63, 3.8) is 0 Å². The number of ether oxygens (including phenoxy) is 3. The molecular weight excluding hydrogens is 582 g/mol. The van der Waals surface area contributed by atoms with Gasteiger partial charge in [0, 0.05) is 43.4 Å². The smallest absolute Gasteiger partial charge is 0.258 e. The van der Waals surface area contributed by atoms with Crippen molar-refractivity contribution in [1.29, 1.82) is 0 Å². The Bertz CT molecular complexity index is 1400. The van der Waals surface area contributed by atoms with Crippen LogP contribution in [-0.4, -0.2) is 85.4 Å². The average Bonchev–Trinajstić information content (AvgIpc) is 3.06. The molecule has 248 valence electrons. The summed E-state index contributed by atoms with van der Waals surface area (Å²) < 4.78 is 18.1. The van der Waals surface area contributed by atoms with Crippen molar-refractivity contribution in [3.8, 4) is 11.5 Å². The molecule has 0 spiro atoms. The van der Waals surface area contributed by atoms with Crippen LogP contribution < -0.4 is 14.8 Å². The predicted octanol–water partition coefficient (Wildman–Crippen LogP) is 5.88. The van der Waals surface area contributed by atoms with Crippen LogP contribution in [0.25, 0.3) is 0 Å². The molecule has 0 aliphatic carbocycles. The molecule has 46 heavy (non-hydrogen) atoms. The molecule has 0 fully saturated rings. The van der Waals surface area contributed by atoms with Gasteiger partial charge in [0.15, 0.2) is 0 Å². The molecule has 9 heteroatoms. The summed E-state index contributed by atoms with van der Waals surface area (Å²) in [7, 11) is 3.74. The first-order valence-electron chi connectivity index (χ1n) is 16.2. The quantitative estimate of drug-likeness (QED) is 0.305. The number of rotatable bonds is 9. The van der Waals surface area contributed by atoms with Gasteiger partial charge in [-0.2, -0.15) is 0 Å². The molecule has 1 heterocycles. The number of amides is 2. The number of hydrogen-bond acceptors (Lipinski definition) is 7. The Morgan fingerprint density at radius 3 is 2.52 bits per heavy atom. The van der Waals surface area contributed by atoms with Crippen LogP contribution in [0, 0.1) is 5.92 Å². The first kappa shape index (κ1) is 34.9. The molecule has 3 aromatic carbocycles. The van der Waals surface area contributed by atoms with Gasteiger partial charge >= 0.3 is 0 Å². The minimum Gasteiger partial charge on any atom is -0.497 e. The van der Waals surface area contributed by atoms with Crippen molar-refractivity contribution < 1.29 is 28.9 Å². The average molecular weight is 632 g/mol. The van der Waals surface area contributed by atoms with Crippen LogP contribution in [-0.2, 0) is 11.3 Å². The van der Waals surface area contributed by atoms with E-state index in [1.807, 2.05) is 32.0 Å². The van der Waals surface area contributed by atoms with E-state index in [-0.39, 0.29) is 36.5 Å². The Hall–Kier alpha value is -3.92. The zero-order valence-electron chi connectivity index (χ0n) is 27.8. The van der Waals surface area contributed by atoms with Gasteiger partial charge in [0.1, 0.15) is 11.5 Å². The lowest BCUT2D eigenvalue weighted by Crippen LogP contribution is -2.47. The van der Waals surface area contributed by atoms with E-state index in [2.05, 4.69) is 36.3 Å². The number of methoxy groups -OCH3 is 1. The van der Waals surface area contributed by atoms with Gasteiger partial charge in [0.25, 0.3) is 11.8 Å². The largest absolute Gasteiger partial charge is 0.497 e. The summed E-state index contributed by atoms with van der Waals surface area (Å²) >= 11 is 0. The van der Waals surface area contributed by atoms with Crippen LogP contribution in [0.5, 0.6) is 11.5 Å². The third kappa shape index (κ3) is 9.79. The molecule has 9 nitrogen and oxygen atoms in total. The highest BCUT2D eigenvalue weighted by Crippen LogP contribution is 2.29. The number of anilines is 1. The van der Waals surface area contributed by atoms with Crippen LogP contribution in [0.1, 0.15) is 66.3 Å². The summed E-state index contributed by atoms with van der Waals surface area (Å²) in [6, 6.07) is 21.7. The van der Waals surface area contributed by atoms with E-state index in [0.717, 1.165) is 31.6 Å². The highest BCUT2D eigenvalue weighted by atomic mass is 16.5. The van der Waals surface area contributed by atoms with Crippen LogP contribution in [0.3, 0.4) is 0 Å². The lowest BCUT2D eigenvalue weighted by atomic mass is 10.0. The van der Waals surface area contributed by atoms with Gasteiger partial charge < -0.3 is 29.5 Å². The van der Waals surface area contributed by atoms with Crippen molar-refractivity contribution >= 4 is 17.5 Å². The number of carbonyl (C=O) groups excluding carboxylic acids is 2. The number of hydrogen-bond donors (Lipinski definition) is 2. The van der Waals surface area contributed by atoms with E-state index in [0.29, 0.717) is 42.3 Å². The molecule has 0 bridgehead atoms. The molecule has 0 unspecified atom stereocenters. The van der Waals surface area contributed by atoms with Gasteiger partial charge in [-0.15, -0.1) is 0 Å². The van der Waals surface area contributed by atoms with Gasteiger partial charge in [-0.05, 0) is 88.2 Å². The Labute approximate surface area is 273 Å². The fourth-order valence-corrected chi connectivity index (χ4v) is 5.67. The molecule has 3 aromatic rings. The second-order valence-corrected chi connectivity index (χ2v) is 12.4. The first-order valence-corrected chi connectivity index (χ1v) is 16.2. The number of fused-ring (bicyclic) bond motifs is 1. The third-order valence-electron chi connectivity index (χ3n) is 8.45. The van der Waals surface area contributed by atoms with Crippen LogP contribution in [0.15, 0.2) is 72.8 Å². The second-order valence-electron chi connectivity index (χ2n) is 12.4. The van der Waals surface area contributed by atoms with Crippen molar-refractivity contribution in [2.45, 2.75) is 64.8 Å². The van der Waals surface area contributed by atoms with Gasteiger partial charge in [0.05, 0.1) is 37.5 Å². The molecule has 1 aliphatic rings. The summed E-state index contributed by atoms with van der Waals surface area (Å²) in [6.45, 7) is 8.14. The number of carbonyl (C=O) groups is 2. The van der Waals surface area contributed by atoms with E-state index in [4.69, 9.17) is 14.2 Å². The Balaban J connectivity index is 1.59. The maximum absolute atomic E-state index is 14.4. The van der Waals surface area contributed by atoms with Crippen molar-refractivity contribution in [2.24, 2.45) is 5.92 Å². The Morgan fingerprint density at radius 2 is 1.83 bits per heavy atom. The summed E-state index contributed by atoms with van der Waals surface area (Å²) in [5.41, 5.74) is 2.52. The molecule has 0 radical (unpaired) electrons. The summed E-state index contributed by atoms with van der Waals surface area (Å²) in [4.78, 5) is 31.2. The summed E-state index contributed by atoms with van der Waals surface area (Å²) in [5, 5.41) is 13.2. The lowest BCUT2D eigenvalue weighted by Gasteiger charge is -2.36. The Kier molecular flexibility index (Phi) is 13.0. The molecule has 4 atom stereocenters. The maximum atomic E-state index is 14.4. The lowest BCUT2D eigenvalue weighted by molar-refractivity contribution is -0.0177. The number of benzene rings is 3. The SMILES string of the molecule is COc1ccc(CN(C)C[C@@H]2OCCCC[C@H](C)Oc3ccc(NC(=O)c4ccccc4)cc3C(=O)N([C@H](C)CO)C[C@H]2C)cc1. The van der Waals surface area contributed by atoms with E-state index in [9.17, 15) is 14.7 Å². The van der Waals surface area contributed by atoms with Gasteiger partial charge in [-0.3, -0.25) is 14.5 Å². The molecule has 2 amide bonds. The summed E-state index contributed by atoms with van der Waals surface area (Å²) in [6.07, 6.45) is 2.35. The number of aliphatic hydroxyl groups is 1. The summed E-state index contributed by atoms with van der Waals surface area (Å²) in [5.74, 6) is 0.708. The van der Waals surface area contributed by atoms with E-state index >= 15 is 0 Å². The molecule has 4 rings (SSSR count). The zero-order valence-corrected chi connectivity index (χ0v) is 27.8. The van der Waals surface area contributed by atoms with Crippen LogP contribution in [0.4, 0.5) is 5.69 Å². The molecule has 1 aliphatic heterocycles. The molecule has 0 saturated heterocycles. The molecule has 0 saturated carbocycles. The van der Waals surface area contributed by atoms with Crippen molar-refractivity contribution in [2.75, 3.05) is 45.8 Å². The van der Waals surface area contributed by atoms with E-state index < -0.39 is 6.04 Å². The van der Waals surface area contributed by atoms with Gasteiger partial charge in [-0.1, -0.05) is 37.3 Å². The topological polar surface area (TPSA) is 101 Å². The number of nitrogens with zero attached hydrogens (tertiary/aromatic N) is 2. The fraction of sp³-hybridized carbons (Fsp3) is 0.459. The predicted molar refractivity (Wildman–Crippen MR) is 181 cm³/mol. The minimum absolute atomic E-state index is 0.0385. The second kappa shape index (κ2) is 17.1. The monoisotopic (exact) mass is 631 g/mol. The van der Waals surface area contributed by atoms with Crippen LogP contribution in [0.2, 0.25) is 0 Å². The van der Waals surface area contributed by atoms with Gasteiger partial charge in [0.2, 0.25) is 0 Å². The number of aliphatic hydroxyl groups excluding tert-OH is 1. The number of nitrogens with one attached hydrogen (secondary N) is 1. The molecule has 0 aromatic heterocycles. The first-order chi connectivity index (χ1) is 22.2. The van der Waals surface area contributed by atoms with Gasteiger partial charge in [-0.25, -0.2) is 0 Å². The minimum atomic E-state index is -0.451. The Morgan fingerprint density at radius 1 is 1.09 bits per heavy atom. The molecular formula is C37H49N3O6. The van der Waals surface area contributed by atoms with Crippen molar-refractivity contribution in [3.05, 3.63) is 89.5 Å². The standard InChI is InChI=1S/C37H49N3O6/c1-26-22-40(27(2)25-41)37(43)33-21-31(38-36(42)30-12-7-6-8-13-30)16-19-34(33)46-28(3)11-9-10-20-45-35(26)24-39(4)23-29-14-17-32(44-5)18-15-29/h6-8,12-19,21,26-28,35,41H,9-11,20,22-25H2,1-5H3,(H,38,42)/t26-,27-,28+,35+/m1/s1. The highest BCUT2D eigenvalue weighted by molar-refractivity contribution is 6.05. The van der Waals surface area contributed by atoms with E-state index in [1.54, 1.807) is 54.5 Å². The normalized spacial score (nSPS) is 20.3. The fourth-order valence-electron chi connectivity index (χ4n) is 5.67. The zero-order chi connectivity index (χ0) is 33.1. The van der Waals surface area contributed by atoms with Crippen LogP contribution >= 0.6 is 0 Å². The maximum Gasteiger partial charge on any atom is 0.258 e. The van der Waals surface area contributed by atoms with E-state index in [1.165, 1.54) is 5.56 Å².